The molecule has 0 radical (unpaired) electrons. The van der Waals surface area contributed by atoms with Crippen LogP contribution < -0.4 is 16.1 Å². The molecule has 8 nitrogen and oxygen atoms in total. The summed E-state index contributed by atoms with van der Waals surface area (Å²) in [5.74, 6) is -2.46. The van der Waals surface area contributed by atoms with Crippen LogP contribution in [0.1, 0.15) is 27.0 Å². The first-order valence-electron chi connectivity index (χ1n) is 10.4. The highest BCUT2D eigenvalue weighted by atomic mass is 16.3. The zero-order valence-corrected chi connectivity index (χ0v) is 18.5. The van der Waals surface area contributed by atoms with Gasteiger partial charge in [0.15, 0.2) is 0 Å². The summed E-state index contributed by atoms with van der Waals surface area (Å²) >= 11 is 0. The summed E-state index contributed by atoms with van der Waals surface area (Å²) in [5, 5.41) is 19.1. The van der Waals surface area contributed by atoms with Crippen molar-refractivity contribution >= 4 is 35.3 Å². The van der Waals surface area contributed by atoms with Crippen molar-refractivity contribution in [2.75, 3.05) is 10.6 Å². The van der Waals surface area contributed by atoms with Gasteiger partial charge in [0.1, 0.15) is 5.75 Å². The summed E-state index contributed by atoms with van der Waals surface area (Å²) in [6.07, 6.45) is 3.36. The van der Waals surface area contributed by atoms with Crippen LogP contribution in [0.5, 0.6) is 5.75 Å². The number of benzene rings is 3. The molecule has 0 unspecified atom stereocenters. The molecule has 0 aliphatic rings. The zero-order valence-electron chi connectivity index (χ0n) is 18.5. The minimum atomic E-state index is -1.04. The van der Waals surface area contributed by atoms with Crippen LogP contribution in [-0.2, 0) is 16.0 Å². The van der Waals surface area contributed by atoms with E-state index in [-0.39, 0.29) is 17.0 Å². The number of phenols is 1. The van der Waals surface area contributed by atoms with E-state index in [1.807, 2.05) is 19.1 Å². The summed E-state index contributed by atoms with van der Waals surface area (Å²) in [6.45, 7) is 5.57. The first-order valence-corrected chi connectivity index (χ1v) is 10.4. The van der Waals surface area contributed by atoms with Gasteiger partial charge in [0.2, 0.25) is 0 Å². The molecule has 8 heteroatoms. The Labute approximate surface area is 197 Å². The number of amides is 3. The number of hydrogen-bond acceptors (Lipinski definition) is 5. The zero-order chi connectivity index (χ0) is 24.5. The molecule has 0 saturated carbocycles. The molecule has 4 N–H and O–H groups in total. The molecule has 0 aliphatic carbocycles. The lowest BCUT2D eigenvalue weighted by molar-refractivity contribution is -0.136. The first kappa shape index (κ1) is 23.9. The maximum Gasteiger partial charge on any atom is 0.329 e. The van der Waals surface area contributed by atoms with Gasteiger partial charge in [-0.3, -0.25) is 14.4 Å². The van der Waals surface area contributed by atoms with Gasteiger partial charge in [-0.2, -0.15) is 5.10 Å². The van der Waals surface area contributed by atoms with Crippen molar-refractivity contribution in [1.29, 1.82) is 0 Å². The SMILES string of the molecule is C=CCc1cccc(/C=N/NC(=O)C(=O)Nc2ccccc2C(=O)Nc2ccc(C)cc2)c1O. The molecular weight excluding hydrogens is 432 g/mol. The minimum absolute atomic E-state index is 0.0124. The number of aromatic hydroxyl groups is 1. The van der Waals surface area contributed by atoms with Gasteiger partial charge >= 0.3 is 11.8 Å². The number of hydrogen-bond donors (Lipinski definition) is 4. The lowest BCUT2D eigenvalue weighted by Crippen LogP contribution is -2.33. The van der Waals surface area contributed by atoms with Crippen molar-refractivity contribution < 1.29 is 19.5 Å². The topological polar surface area (TPSA) is 120 Å². The van der Waals surface area contributed by atoms with Crippen molar-refractivity contribution in [3.05, 3.63) is 102 Å². The van der Waals surface area contributed by atoms with Crippen LogP contribution in [0.4, 0.5) is 11.4 Å². The Balaban J connectivity index is 1.64. The van der Waals surface area contributed by atoms with E-state index in [0.29, 0.717) is 23.2 Å². The van der Waals surface area contributed by atoms with Crippen molar-refractivity contribution in [2.45, 2.75) is 13.3 Å². The molecular formula is C26H24N4O4. The predicted octanol–water partition coefficient (Wildman–Crippen LogP) is 3.77. The van der Waals surface area contributed by atoms with Gasteiger partial charge in [0, 0.05) is 11.3 Å². The van der Waals surface area contributed by atoms with E-state index in [9.17, 15) is 19.5 Å². The molecule has 172 valence electrons. The number of carbonyl (C=O) groups is 3. The third-order valence-electron chi connectivity index (χ3n) is 4.82. The second-order valence-corrected chi connectivity index (χ2v) is 7.37. The summed E-state index contributed by atoms with van der Waals surface area (Å²) in [7, 11) is 0. The van der Waals surface area contributed by atoms with E-state index in [0.717, 1.165) is 5.56 Å². The van der Waals surface area contributed by atoms with E-state index >= 15 is 0 Å². The van der Waals surface area contributed by atoms with Gasteiger partial charge in [0.05, 0.1) is 17.5 Å². The fourth-order valence-electron chi connectivity index (χ4n) is 3.05. The number of carbonyl (C=O) groups excluding carboxylic acids is 3. The van der Waals surface area contributed by atoms with Crippen molar-refractivity contribution in [3.63, 3.8) is 0 Å². The maximum atomic E-state index is 12.7. The van der Waals surface area contributed by atoms with E-state index in [1.54, 1.807) is 48.5 Å². The number of nitrogens with zero attached hydrogens (tertiary/aromatic N) is 1. The number of rotatable bonds is 7. The van der Waals surface area contributed by atoms with Gasteiger partial charge < -0.3 is 15.7 Å². The number of anilines is 2. The Morgan fingerprint density at radius 3 is 2.41 bits per heavy atom. The molecule has 0 saturated heterocycles. The quantitative estimate of drug-likeness (QED) is 0.187. The Hall–Kier alpha value is -4.72. The molecule has 0 aromatic heterocycles. The molecule has 3 aromatic rings. The van der Waals surface area contributed by atoms with E-state index in [1.165, 1.54) is 18.3 Å². The second kappa shape index (κ2) is 11.2. The second-order valence-electron chi connectivity index (χ2n) is 7.37. The van der Waals surface area contributed by atoms with Crippen molar-refractivity contribution in [2.24, 2.45) is 5.10 Å². The number of hydrazone groups is 1. The molecule has 0 aliphatic heterocycles. The van der Waals surface area contributed by atoms with Crippen LogP contribution in [0, 0.1) is 6.92 Å². The van der Waals surface area contributed by atoms with Gasteiger partial charge in [-0.1, -0.05) is 48.0 Å². The smallest absolute Gasteiger partial charge is 0.329 e. The Bertz CT molecular complexity index is 1250. The van der Waals surface area contributed by atoms with Crippen LogP contribution >= 0.6 is 0 Å². The van der Waals surface area contributed by atoms with Crippen LogP contribution in [0.2, 0.25) is 0 Å². The summed E-state index contributed by atoms with van der Waals surface area (Å²) in [5.41, 5.74) is 5.16. The molecule has 0 spiro atoms. The monoisotopic (exact) mass is 456 g/mol. The molecule has 0 atom stereocenters. The Kier molecular flexibility index (Phi) is 7.91. The third-order valence-corrected chi connectivity index (χ3v) is 4.82. The summed E-state index contributed by atoms with van der Waals surface area (Å²) in [4.78, 5) is 37.2. The maximum absolute atomic E-state index is 12.7. The predicted molar refractivity (Wildman–Crippen MR) is 132 cm³/mol. The first-order chi connectivity index (χ1) is 16.4. The molecule has 3 amide bonds. The number of allylic oxidation sites excluding steroid dienone is 1. The summed E-state index contributed by atoms with van der Waals surface area (Å²) < 4.78 is 0. The number of aryl methyl sites for hydroxylation is 1. The molecule has 34 heavy (non-hydrogen) atoms. The van der Waals surface area contributed by atoms with Gasteiger partial charge in [0.25, 0.3) is 5.91 Å². The molecule has 3 aromatic carbocycles. The highest BCUT2D eigenvalue weighted by molar-refractivity contribution is 6.40. The fourth-order valence-corrected chi connectivity index (χ4v) is 3.05. The lowest BCUT2D eigenvalue weighted by atomic mass is 10.1. The number of nitrogens with one attached hydrogen (secondary N) is 3. The van der Waals surface area contributed by atoms with Gasteiger partial charge in [-0.25, -0.2) is 5.43 Å². The molecule has 0 fully saturated rings. The highest BCUT2D eigenvalue weighted by Crippen LogP contribution is 2.21. The minimum Gasteiger partial charge on any atom is -0.507 e. The number of phenolic OH excluding ortho intramolecular Hbond substituents is 1. The molecule has 0 heterocycles. The van der Waals surface area contributed by atoms with Crippen molar-refractivity contribution in [3.8, 4) is 5.75 Å². The average molecular weight is 457 g/mol. The van der Waals surface area contributed by atoms with E-state index < -0.39 is 17.7 Å². The lowest BCUT2D eigenvalue weighted by Gasteiger charge is -2.11. The third kappa shape index (κ3) is 6.17. The average Bonchev–Trinajstić information content (AvgIpc) is 2.83. The van der Waals surface area contributed by atoms with Crippen molar-refractivity contribution in [1.82, 2.24) is 5.43 Å². The molecule has 0 bridgehead atoms. The van der Waals surface area contributed by atoms with Crippen LogP contribution in [-0.4, -0.2) is 29.0 Å². The van der Waals surface area contributed by atoms with Crippen LogP contribution in [0.25, 0.3) is 0 Å². The van der Waals surface area contributed by atoms with Gasteiger partial charge in [-0.15, -0.1) is 6.58 Å². The normalized spacial score (nSPS) is 10.5. The largest absolute Gasteiger partial charge is 0.507 e. The summed E-state index contributed by atoms with van der Waals surface area (Å²) in [6, 6.07) is 18.7. The van der Waals surface area contributed by atoms with E-state index in [2.05, 4.69) is 27.7 Å². The standard InChI is InChI=1S/C26H24N4O4/c1-3-7-18-8-6-9-19(23(18)31)16-27-30-26(34)25(33)29-22-11-5-4-10-21(22)24(32)28-20-14-12-17(2)13-15-20/h3-6,8-16,31H,1,7H2,2H3,(H,28,32)(H,29,33)(H,30,34)/b27-16+. The Morgan fingerprint density at radius 1 is 0.941 bits per heavy atom. The van der Waals surface area contributed by atoms with Crippen LogP contribution in [0.15, 0.2) is 84.5 Å². The fraction of sp³-hybridized carbons (Fsp3) is 0.0769. The van der Waals surface area contributed by atoms with Gasteiger partial charge in [-0.05, 0) is 49.2 Å². The number of para-hydroxylation sites is 2. The Morgan fingerprint density at radius 2 is 1.68 bits per heavy atom. The molecule has 3 rings (SSSR count). The highest BCUT2D eigenvalue weighted by Gasteiger charge is 2.18. The van der Waals surface area contributed by atoms with Crippen LogP contribution in [0.3, 0.4) is 0 Å². The van der Waals surface area contributed by atoms with E-state index in [4.69, 9.17) is 0 Å².